The second-order valence-corrected chi connectivity index (χ2v) is 6.15. The van der Waals surface area contributed by atoms with Gasteiger partial charge in [-0.05, 0) is 45.1 Å². The van der Waals surface area contributed by atoms with Crippen molar-refractivity contribution in [3.05, 3.63) is 12.2 Å². The normalized spacial score (nSPS) is 13.0. The lowest BCUT2D eigenvalue weighted by Gasteiger charge is -2.24. The van der Waals surface area contributed by atoms with Gasteiger partial charge in [0.1, 0.15) is 5.60 Å². The predicted molar refractivity (Wildman–Crippen MR) is 77.1 cm³/mol. The first-order chi connectivity index (χ1) is 8.56. The molecular formula is C15H27NO3. The van der Waals surface area contributed by atoms with E-state index < -0.39 is 17.7 Å². The van der Waals surface area contributed by atoms with Crippen LogP contribution in [0.1, 0.15) is 54.4 Å². The van der Waals surface area contributed by atoms with Crippen LogP contribution < -0.4 is 5.32 Å². The van der Waals surface area contributed by atoms with Crippen LogP contribution in [0.3, 0.4) is 0 Å². The minimum Gasteiger partial charge on any atom is -0.444 e. The smallest absolute Gasteiger partial charge is 0.408 e. The first-order valence-corrected chi connectivity index (χ1v) is 6.78. The highest BCUT2D eigenvalue weighted by molar-refractivity contribution is 6.00. The van der Waals surface area contributed by atoms with Crippen molar-refractivity contribution in [3.8, 4) is 0 Å². The van der Waals surface area contributed by atoms with E-state index >= 15 is 0 Å². The Morgan fingerprint density at radius 3 is 2.16 bits per heavy atom. The van der Waals surface area contributed by atoms with Crippen molar-refractivity contribution < 1.29 is 14.3 Å². The van der Waals surface area contributed by atoms with Crippen LogP contribution in [0.5, 0.6) is 0 Å². The number of nitrogens with one attached hydrogen (secondary N) is 1. The maximum Gasteiger partial charge on any atom is 0.408 e. The van der Waals surface area contributed by atoms with E-state index in [2.05, 4.69) is 11.9 Å². The van der Waals surface area contributed by atoms with Crippen molar-refractivity contribution in [2.75, 3.05) is 0 Å². The molecule has 0 bridgehead atoms. The number of hydrogen-bond donors (Lipinski definition) is 1. The highest BCUT2D eigenvalue weighted by Crippen LogP contribution is 2.13. The predicted octanol–water partition coefficient (Wildman–Crippen LogP) is 3.46. The average molecular weight is 269 g/mol. The molecule has 0 radical (unpaired) electrons. The van der Waals surface area contributed by atoms with Gasteiger partial charge in [-0.1, -0.05) is 27.4 Å². The van der Waals surface area contributed by atoms with Crippen LogP contribution in [0.25, 0.3) is 0 Å². The minimum absolute atomic E-state index is 0.109. The van der Waals surface area contributed by atoms with Gasteiger partial charge < -0.3 is 10.1 Å². The third-order valence-corrected chi connectivity index (χ3v) is 2.49. The lowest BCUT2D eigenvalue weighted by Crippen LogP contribution is -2.44. The summed E-state index contributed by atoms with van der Waals surface area (Å²) in [5.74, 6) is 0.190. The monoisotopic (exact) mass is 269 g/mol. The second kappa shape index (κ2) is 7.31. The fraction of sp³-hybridized carbons (Fsp3) is 0.733. The maximum atomic E-state index is 12.1. The third-order valence-electron chi connectivity index (χ3n) is 2.49. The fourth-order valence-corrected chi connectivity index (χ4v) is 1.57. The summed E-state index contributed by atoms with van der Waals surface area (Å²) in [4.78, 5) is 23.9. The van der Waals surface area contributed by atoms with Crippen molar-refractivity contribution in [3.63, 3.8) is 0 Å². The second-order valence-electron chi connectivity index (χ2n) is 6.15. The van der Waals surface area contributed by atoms with Crippen molar-refractivity contribution in [1.29, 1.82) is 0 Å². The number of carbonyl (C=O) groups is 2. The van der Waals surface area contributed by atoms with Gasteiger partial charge in [0.05, 0.1) is 6.04 Å². The Balaban J connectivity index is 4.73. The first kappa shape index (κ1) is 17.7. The SMILES string of the molecule is C=C(CC)C(=O)[C@H](CC(C)C)NC(=O)OC(C)(C)C. The molecule has 0 aromatic rings. The summed E-state index contributed by atoms with van der Waals surface area (Å²) in [6.07, 6.45) is 0.607. The number of rotatable bonds is 6. The Morgan fingerprint density at radius 2 is 1.79 bits per heavy atom. The van der Waals surface area contributed by atoms with E-state index in [-0.39, 0.29) is 5.78 Å². The van der Waals surface area contributed by atoms with Gasteiger partial charge in [-0.15, -0.1) is 0 Å². The highest BCUT2D eigenvalue weighted by atomic mass is 16.6. The van der Waals surface area contributed by atoms with Gasteiger partial charge >= 0.3 is 6.09 Å². The van der Waals surface area contributed by atoms with Crippen LogP contribution in [0.4, 0.5) is 4.79 Å². The Morgan fingerprint density at radius 1 is 1.26 bits per heavy atom. The quantitative estimate of drug-likeness (QED) is 0.751. The highest BCUT2D eigenvalue weighted by Gasteiger charge is 2.25. The summed E-state index contributed by atoms with van der Waals surface area (Å²) in [7, 11) is 0. The van der Waals surface area contributed by atoms with Gasteiger partial charge in [0.25, 0.3) is 0 Å². The molecule has 0 spiro atoms. The van der Waals surface area contributed by atoms with E-state index in [4.69, 9.17) is 4.74 Å². The number of hydrogen-bond acceptors (Lipinski definition) is 3. The molecule has 110 valence electrons. The van der Waals surface area contributed by atoms with Crippen molar-refractivity contribution in [2.45, 2.75) is 66.0 Å². The zero-order chi connectivity index (χ0) is 15.2. The molecule has 0 aromatic carbocycles. The summed E-state index contributed by atoms with van der Waals surface area (Å²) < 4.78 is 5.18. The van der Waals surface area contributed by atoms with Crippen LogP contribution in [0, 0.1) is 5.92 Å². The van der Waals surface area contributed by atoms with E-state index in [1.807, 2.05) is 20.8 Å². The van der Waals surface area contributed by atoms with Crippen LogP contribution in [-0.2, 0) is 9.53 Å². The molecule has 0 aliphatic heterocycles. The number of carbonyl (C=O) groups excluding carboxylic acids is 2. The van der Waals surface area contributed by atoms with Crippen LogP contribution in [-0.4, -0.2) is 23.5 Å². The summed E-state index contributed by atoms with van der Waals surface area (Å²) >= 11 is 0. The van der Waals surface area contributed by atoms with Gasteiger partial charge in [0.15, 0.2) is 5.78 Å². The molecule has 1 amide bonds. The van der Waals surface area contributed by atoms with E-state index in [1.54, 1.807) is 20.8 Å². The molecule has 0 aliphatic rings. The topological polar surface area (TPSA) is 55.4 Å². The Bertz CT molecular complexity index is 340. The summed E-state index contributed by atoms with van der Waals surface area (Å²) in [6.45, 7) is 15.0. The van der Waals surface area contributed by atoms with Crippen LogP contribution >= 0.6 is 0 Å². The molecule has 1 N–H and O–H groups in total. The van der Waals surface area contributed by atoms with Gasteiger partial charge in [-0.25, -0.2) is 4.79 Å². The molecule has 0 saturated heterocycles. The van der Waals surface area contributed by atoms with Gasteiger partial charge in [-0.3, -0.25) is 4.79 Å². The average Bonchev–Trinajstić information content (AvgIpc) is 2.22. The Hall–Kier alpha value is -1.32. The zero-order valence-corrected chi connectivity index (χ0v) is 13.0. The van der Waals surface area contributed by atoms with Crippen molar-refractivity contribution in [1.82, 2.24) is 5.32 Å². The number of ketones is 1. The molecule has 1 atom stereocenters. The van der Waals surface area contributed by atoms with Crippen molar-refractivity contribution in [2.24, 2.45) is 5.92 Å². The number of ether oxygens (including phenoxy) is 1. The van der Waals surface area contributed by atoms with E-state index in [1.165, 1.54) is 0 Å². The lowest BCUT2D eigenvalue weighted by molar-refractivity contribution is -0.118. The molecular weight excluding hydrogens is 242 g/mol. The molecule has 19 heavy (non-hydrogen) atoms. The summed E-state index contributed by atoms with van der Waals surface area (Å²) in [5, 5.41) is 2.65. The van der Waals surface area contributed by atoms with Gasteiger partial charge in [0.2, 0.25) is 0 Å². The van der Waals surface area contributed by atoms with Crippen LogP contribution in [0.2, 0.25) is 0 Å². The fourth-order valence-electron chi connectivity index (χ4n) is 1.57. The molecule has 0 unspecified atom stereocenters. The number of amides is 1. The van der Waals surface area contributed by atoms with Gasteiger partial charge in [-0.2, -0.15) is 0 Å². The first-order valence-electron chi connectivity index (χ1n) is 6.78. The van der Waals surface area contributed by atoms with Crippen LogP contribution in [0.15, 0.2) is 12.2 Å². The van der Waals surface area contributed by atoms with Gasteiger partial charge in [0, 0.05) is 0 Å². The molecule has 0 aromatic heterocycles. The molecule has 0 aliphatic carbocycles. The Kier molecular flexibility index (Phi) is 6.81. The minimum atomic E-state index is -0.572. The maximum absolute atomic E-state index is 12.1. The van der Waals surface area contributed by atoms with Crippen molar-refractivity contribution >= 4 is 11.9 Å². The van der Waals surface area contributed by atoms with E-state index in [0.29, 0.717) is 24.3 Å². The molecule has 0 fully saturated rings. The van der Waals surface area contributed by atoms with E-state index in [0.717, 1.165) is 0 Å². The molecule has 4 nitrogen and oxygen atoms in total. The number of Topliss-reactive ketones (excluding diaryl/α,β-unsaturated/α-hetero) is 1. The standard InChI is InChI=1S/C15H27NO3/c1-8-11(4)13(17)12(9-10(2)3)16-14(18)19-15(5,6)7/h10,12H,4,8-9H2,1-3,5-7H3,(H,16,18)/t12-/m0/s1. The molecule has 0 heterocycles. The summed E-state index contributed by atoms with van der Waals surface area (Å²) in [5.41, 5.74) is -0.0428. The summed E-state index contributed by atoms with van der Waals surface area (Å²) in [6, 6.07) is -0.553. The number of alkyl carbamates (subject to hydrolysis) is 1. The molecule has 4 heteroatoms. The molecule has 0 saturated carbocycles. The zero-order valence-electron chi connectivity index (χ0n) is 13.0. The largest absolute Gasteiger partial charge is 0.444 e. The lowest BCUT2D eigenvalue weighted by atomic mass is 9.96. The molecule has 0 rings (SSSR count). The van der Waals surface area contributed by atoms with E-state index in [9.17, 15) is 9.59 Å². The Labute approximate surface area is 116 Å². The third kappa shape index (κ3) is 7.65.